The molecule has 3 aromatic carbocycles. The number of hydrogen-bond acceptors (Lipinski definition) is 6. The molecule has 2 amide bonds. The highest BCUT2D eigenvalue weighted by molar-refractivity contribution is 5.99. The van der Waals surface area contributed by atoms with Crippen molar-refractivity contribution in [3.63, 3.8) is 0 Å². The van der Waals surface area contributed by atoms with Gasteiger partial charge in [0.15, 0.2) is 5.69 Å². The van der Waals surface area contributed by atoms with Crippen LogP contribution in [0.2, 0.25) is 0 Å². The lowest BCUT2D eigenvalue weighted by Crippen LogP contribution is -2.46. The fourth-order valence-corrected chi connectivity index (χ4v) is 6.79. The molecule has 2 heterocycles. The van der Waals surface area contributed by atoms with Crippen LogP contribution in [-0.2, 0) is 29.0 Å². The Morgan fingerprint density at radius 3 is 2.22 bits per heavy atom. The standard InChI is InChI=1S/C41H48N4O6/c1-4-6-19-43(20-7-5-2)41(51)36-21-28(3)45(42-36)37-18-17-29(23-38(47)34(25-39(48)49)30-13-9-8-10-14-30)22-35(37)40(50)44-26-32-16-12-11-15-31(32)24-33(44)27-46/h8-18,21-22,33-34,46H,4-7,19-20,23-27H2,1-3H3,(H,48,49)/t33-,34?/m0/s1. The number of benzene rings is 3. The Bertz CT molecular complexity index is 1840. The van der Waals surface area contributed by atoms with Gasteiger partial charge in [-0.05, 0) is 66.6 Å². The number of carbonyl (C=O) groups excluding carboxylic acids is 3. The molecular formula is C41H48N4O6. The van der Waals surface area contributed by atoms with Crippen LogP contribution in [0.1, 0.15) is 101 Å². The van der Waals surface area contributed by atoms with Crippen molar-refractivity contribution in [2.75, 3.05) is 19.7 Å². The van der Waals surface area contributed by atoms with Gasteiger partial charge in [0.25, 0.3) is 11.8 Å². The summed E-state index contributed by atoms with van der Waals surface area (Å²) in [5, 5.41) is 24.8. The number of aliphatic carboxylic acids is 1. The summed E-state index contributed by atoms with van der Waals surface area (Å²) < 4.78 is 1.60. The molecule has 2 N–H and O–H groups in total. The quantitative estimate of drug-likeness (QED) is 0.144. The van der Waals surface area contributed by atoms with Gasteiger partial charge in [0.1, 0.15) is 5.78 Å². The van der Waals surface area contributed by atoms with E-state index >= 15 is 0 Å². The van der Waals surface area contributed by atoms with Gasteiger partial charge in [0, 0.05) is 31.7 Å². The van der Waals surface area contributed by atoms with Crippen molar-refractivity contribution >= 4 is 23.6 Å². The lowest BCUT2D eigenvalue weighted by Gasteiger charge is -2.36. The van der Waals surface area contributed by atoms with Crippen molar-refractivity contribution in [3.05, 3.63) is 118 Å². The Kier molecular flexibility index (Phi) is 12.6. The highest BCUT2D eigenvalue weighted by atomic mass is 16.4. The molecule has 0 spiro atoms. The van der Waals surface area contributed by atoms with Crippen LogP contribution in [0.3, 0.4) is 0 Å². The number of ketones is 1. The normalized spacial score (nSPS) is 14.5. The molecule has 51 heavy (non-hydrogen) atoms. The molecule has 0 saturated heterocycles. The van der Waals surface area contributed by atoms with Crippen molar-refractivity contribution in [1.29, 1.82) is 0 Å². The molecular weight excluding hydrogens is 644 g/mol. The molecule has 0 aliphatic carbocycles. The first kappa shape index (κ1) is 37.2. The largest absolute Gasteiger partial charge is 0.481 e. The average molecular weight is 693 g/mol. The Balaban J connectivity index is 1.55. The molecule has 4 aromatic rings. The summed E-state index contributed by atoms with van der Waals surface area (Å²) in [4.78, 5) is 57.4. The first-order valence-corrected chi connectivity index (χ1v) is 17.9. The summed E-state index contributed by atoms with van der Waals surface area (Å²) in [6, 6.07) is 23.1. The van der Waals surface area contributed by atoms with Gasteiger partial charge in [0.2, 0.25) is 0 Å². The zero-order valence-electron chi connectivity index (χ0n) is 29.8. The third-order valence-corrected chi connectivity index (χ3v) is 9.65. The monoisotopic (exact) mass is 692 g/mol. The molecule has 2 atom stereocenters. The van der Waals surface area contributed by atoms with E-state index in [4.69, 9.17) is 5.10 Å². The van der Waals surface area contributed by atoms with Crippen LogP contribution in [0.15, 0.2) is 78.9 Å². The third kappa shape index (κ3) is 8.80. The maximum atomic E-state index is 14.6. The molecule has 1 unspecified atom stereocenters. The second-order valence-electron chi connectivity index (χ2n) is 13.4. The number of carboxylic acids is 1. The number of aryl methyl sites for hydroxylation is 1. The summed E-state index contributed by atoms with van der Waals surface area (Å²) >= 11 is 0. The molecule has 268 valence electrons. The maximum absolute atomic E-state index is 14.6. The molecule has 1 aromatic heterocycles. The minimum atomic E-state index is -1.08. The van der Waals surface area contributed by atoms with Crippen LogP contribution >= 0.6 is 0 Å². The van der Waals surface area contributed by atoms with E-state index < -0.39 is 17.9 Å². The fraction of sp³-hybridized carbons (Fsp3) is 0.390. The van der Waals surface area contributed by atoms with E-state index in [-0.39, 0.29) is 48.3 Å². The number of Topliss-reactive ketones (excluding diaryl/α,β-unsaturated/α-hetero) is 1. The van der Waals surface area contributed by atoms with Gasteiger partial charge in [-0.25, -0.2) is 4.68 Å². The van der Waals surface area contributed by atoms with Gasteiger partial charge in [0.05, 0.1) is 36.2 Å². The molecule has 10 nitrogen and oxygen atoms in total. The second-order valence-corrected chi connectivity index (χ2v) is 13.4. The van der Waals surface area contributed by atoms with Crippen LogP contribution in [0.25, 0.3) is 5.69 Å². The number of unbranched alkanes of at least 4 members (excludes halogenated alkanes) is 2. The zero-order chi connectivity index (χ0) is 36.5. The third-order valence-electron chi connectivity index (χ3n) is 9.65. The number of hydrogen-bond donors (Lipinski definition) is 2. The molecule has 0 bridgehead atoms. The zero-order valence-corrected chi connectivity index (χ0v) is 29.8. The van der Waals surface area contributed by atoms with Crippen LogP contribution in [-0.4, -0.2) is 79.1 Å². The number of aliphatic hydroxyl groups is 1. The molecule has 0 saturated carbocycles. The van der Waals surface area contributed by atoms with Gasteiger partial charge < -0.3 is 20.0 Å². The highest BCUT2D eigenvalue weighted by Gasteiger charge is 2.32. The Hall–Kier alpha value is -5.09. The molecule has 10 heteroatoms. The minimum Gasteiger partial charge on any atom is -0.481 e. The Labute approximate surface area is 299 Å². The summed E-state index contributed by atoms with van der Waals surface area (Å²) in [5.41, 5.74) is 4.90. The predicted molar refractivity (Wildman–Crippen MR) is 195 cm³/mol. The van der Waals surface area contributed by atoms with Gasteiger partial charge in [-0.3, -0.25) is 19.2 Å². The fourth-order valence-electron chi connectivity index (χ4n) is 6.79. The molecule has 0 fully saturated rings. The number of aliphatic hydroxyl groups excluding tert-OH is 1. The van der Waals surface area contributed by atoms with Crippen molar-refractivity contribution in [2.45, 2.75) is 84.2 Å². The van der Waals surface area contributed by atoms with E-state index in [1.165, 1.54) is 0 Å². The summed E-state index contributed by atoms with van der Waals surface area (Å²) in [6.45, 7) is 7.36. The van der Waals surface area contributed by atoms with Crippen LogP contribution < -0.4 is 0 Å². The molecule has 0 radical (unpaired) electrons. The maximum Gasteiger partial charge on any atom is 0.304 e. The number of nitrogens with zero attached hydrogens (tertiary/aromatic N) is 4. The van der Waals surface area contributed by atoms with Crippen LogP contribution in [0, 0.1) is 6.92 Å². The number of carboxylic acid groups (broad SMARTS) is 1. The number of aromatic nitrogens is 2. The molecule has 1 aliphatic heterocycles. The number of rotatable bonds is 16. The smallest absolute Gasteiger partial charge is 0.304 e. The van der Waals surface area contributed by atoms with Crippen molar-refractivity contribution in [3.8, 4) is 5.69 Å². The topological polar surface area (TPSA) is 133 Å². The second kappa shape index (κ2) is 17.2. The van der Waals surface area contributed by atoms with Crippen LogP contribution in [0.5, 0.6) is 0 Å². The Morgan fingerprint density at radius 2 is 1.57 bits per heavy atom. The number of carbonyl (C=O) groups is 4. The van der Waals surface area contributed by atoms with E-state index in [1.54, 1.807) is 58.1 Å². The Morgan fingerprint density at radius 1 is 0.902 bits per heavy atom. The van der Waals surface area contributed by atoms with Gasteiger partial charge in [-0.15, -0.1) is 0 Å². The summed E-state index contributed by atoms with van der Waals surface area (Å²) in [5.74, 6) is -2.71. The summed E-state index contributed by atoms with van der Waals surface area (Å²) in [6.07, 6.45) is 3.74. The first-order valence-electron chi connectivity index (χ1n) is 17.9. The van der Waals surface area contributed by atoms with Gasteiger partial charge >= 0.3 is 5.97 Å². The van der Waals surface area contributed by atoms with E-state index in [9.17, 15) is 29.4 Å². The van der Waals surface area contributed by atoms with E-state index in [2.05, 4.69) is 13.8 Å². The molecule has 5 rings (SSSR count). The first-order chi connectivity index (χ1) is 24.6. The van der Waals surface area contributed by atoms with Gasteiger partial charge in [-0.1, -0.05) is 87.4 Å². The lowest BCUT2D eigenvalue weighted by atomic mass is 9.88. The van der Waals surface area contributed by atoms with Crippen molar-refractivity contribution in [1.82, 2.24) is 19.6 Å². The number of amides is 2. The van der Waals surface area contributed by atoms with E-state index in [0.717, 1.165) is 36.8 Å². The van der Waals surface area contributed by atoms with E-state index in [1.807, 2.05) is 42.2 Å². The number of fused-ring (bicyclic) bond motifs is 1. The van der Waals surface area contributed by atoms with Crippen molar-refractivity contribution in [2.24, 2.45) is 0 Å². The average Bonchev–Trinajstić information content (AvgIpc) is 3.53. The van der Waals surface area contributed by atoms with Crippen molar-refractivity contribution < 1.29 is 29.4 Å². The predicted octanol–water partition coefficient (Wildman–Crippen LogP) is 6.15. The van der Waals surface area contributed by atoms with Gasteiger partial charge in [-0.2, -0.15) is 5.10 Å². The SMILES string of the molecule is CCCCN(CCCC)C(=O)c1cc(C)n(-c2ccc(CC(=O)C(CC(=O)O)c3ccccc3)cc2C(=O)N2Cc3ccccc3C[C@H]2CO)n1. The van der Waals surface area contributed by atoms with Crippen LogP contribution in [0.4, 0.5) is 0 Å². The van der Waals surface area contributed by atoms with E-state index in [0.29, 0.717) is 48.6 Å². The molecule has 1 aliphatic rings. The minimum absolute atomic E-state index is 0.0920. The lowest BCUT2D eigenvalue weighted by molar-refractivity contribution is -0.139. The summed E-state index contributed by atoms with van der Waals surface area (Å²) in [7, 11) is 0. The highest BCUT2D eigenvalue weighted by Crippen LogP contribution is 2.29.